The van der Waals surface area contributed by atoms with Crippen LogP contribution >= 0.6 is 0 Å². The predicted molar refractivity (Wildman–Crippen MR) is 50.2 cm³/mol. The van der Waals surface area contributed by atoms with Crippen molar-refractivity contribution in [3.63, 3.8) is 0 Å². The lowest BCUT2D eigenvalue weighted by Crippen LogP contribution is -2.10. The molecular weight excluding hydrogens is 182 g/mol. The van der Waals surface area contributed by atoms with E-state index in [1.807, 2.05) is 18.2 Å². The van der Waals surface area contributed by atoms with Gasteiger partial charge >= 0.3 is 0 Å². The van der Waals surface area contributed by atoms with Crippen LogP contribution in [0.5, 0.6) is 11.5 Å². The Bertz CT molecular complexity index is 351. The van der Waals surface area contributed by atoms with Gasteiger partial charge in [-0.3, -0.25) is 0 Å². The van der Waals surface area contributed by atoms with Crippen LogP contribution < -0.4 is 15.2 Å². The third kappa shape index (κ3) is 1.56. The van der Waals surface area contributed by atoms with Crippen LogP contribution in [0.4, 0.5) is 0 Å². The van der Waals surface area contributed by atoms with Gasteiger partial charge in [0, 0.05) is 12.5 Å². The van der Waals surface area contributed by atoms with E-state index in [0.717, 1.165) is 17.6 Å². The number of hydrogen-bond donors (Lipinski definition) is 1. The van der Waals surface area contributed by atoms with Gasteiger partial charge in [-0.15, -0.1) is 0 Å². The molecule has 2 rings (SSSR count). The lowest BCUT2D eigenvalue weighted by atomic mass is 10.1. The minimum atomic E-state index is -0.262. The van der Waals surface area contributed by atoms with Gasteiger partial charge in [0.15, 0.2) is 11.5 Å². The Morgan fingerprint density at radius 3 is 3.00 bits per heavy atom. The van der Waals surface area contributed by atoms with Gasteiger partial charge in [0.05, 0.1) is 0 Å². The molecule has 0 saturated carbocycles. The first-order chi connectivity index (χ1) is 6.81. The van der Waals surface area contributed by atoms with Crippen molar-refractivity contribution in [3.8, 4) is 11.5 Å². The maximum absolute atomic E-state index is 10.3. The van der Waals surface area contributed by atoms with Crippen molar-refractivity contribution in [2.24, 2.45) is 5.73 Å². The number of aldehydes is 1. The van der Waals surface area contributed by atoms with E-state index >= 15 is 0 Å². The molecule has 4 nitrogen and oxygen atoms in total. The number of ether oxygens (including phenoxy) is 2. The van der Waals surface area contributed by atoms with E-state index in [-0.39, 0.29) is 12.8 Å². The van der Waals surface area contributed by atoms with Crippen LogP contribution in [0.15, 0.2) is 18.2 Å². The van der Waals surface area contributed by atoms with Gasteiger partial charge < -0.3 is 20.0 Å². The van der Waals surface area contributed by atoms with Crippen molar-refractivity contribution >= 4 is 6.29 Å². The highest BCUT2D eigenvalue weighted by Gasteiger charge is 2.15. The lowest BCUT2D eigenvalue weighted by Gasteiger charge is -2.08. The first kappa shape index (κ1) is 9.02. The molecule has 74 valence electrons. The number of hydrogen-bond acceptors (Lipinski definition) is 4. The Labute approximate surface area is 81.6 Å². The summed E-state index contributed by atoms with van der Waals surface area (Å²) in [6.45, 7) is 0.252. The maximum atomic E-state index is 10.3. The zero-order valence-corrected chi connectivity index (χ0v) is 7.60. The van der Waals surface area contributed by atoms with Crippen molar-refractivity contribution < 1.29 is 14.3 Å². The summed E-state index contributed by atoms with van der Waals surface area (Å²) in [5, 5.41) is 0. The molecule has 0 radical (unpaired) electrons. The number of carbonyl (C=O) groups excluding carboxylic acids is 1. The highest BCUT2D eigenvalue weighted by atomic mass is 16.7. The van der Waals surface area contributed by atoms with Crippen molar-refractivity contribution in [1.29, 1.82) is 0 Å². The van der Waals surface area contributed by atoms with Crippen molar-refractivity contribution in [1.82, 2.24) is 0 Å². The van der Waals surface area contributed by atoms with Gasteiger partial charge in [-0.1, -0.05) is 6.07 Å². The summed E-state index contributed by atoms with van der Waals surface area (Å²) < 4.78 is 10.4. The van der Waals surface area contributed by atoms with E-state index < -0.39 is 0 Å². The molecule has 1 aliphatic rings. The van der Waals surface area contributed by atoms with Gasteiger partial charge in [0.2, 0.25) is 6.79 Å². The van der Waals surface area contributed by atoms with Crippen LogP contribution in [0.2, 0.25) is 0 Å². The van der Waals surface area contributed by atoms with Crippen LogP contribution in [0, 0.1) is 0 Å². The summed E-state index contributed by atoms with van der Waals surface area (Å²) >= 11 is 0. The maximum Gasteiger partial charge on any atom is 0.231 e. The first-order valence-electron chi connectivity index (χ1n) is 4.40. The van der Waals surface area contributed by atoms with Gasteiger partial charge in [-0.05, 0) is 17.7 Å². The number of rotatable bonds is 3. The van der Waals surface area contributed by atoms with Crippen molar-refractivity contribution in [3.05, 3.63) is 23.8 Å². The fraction of sp³-hybridized carbons (Fsp3) is 0.300. The number of carbonyl (C=O) groups is 1. The molecule has 0 aliphatic carbocycles. The molecule has 0 aromatic heterocycles. The molecule has 1 aliphatic heterocycles. The van der Waals surface area contributed by atoms with Gasteiger partial charge in [-0.25, -0.2) is 0 Å². The Kier molecular flexibility index (Phi) is 2.37. The number of benzene rings is 1. The third-order valence-electron chi connectivity index (χ3n) is 2.17. The largest absolute Gasteiger partial charge is 0.454 e. The molecule has 1 aromatic rings. The van der Waals surface area contributed by atoms with E-state index in [4.69, 9.17) is 15.2 Å². The van der Waals surface area contributed by atoms with Gasteiger partial charge in [-0.2, -0.15) is 0 Å². The molecule has 0 fully saturated rings. The minimum absolute atomic E-state index is 0.252. The summed E-state index contributed by atoms with van der Waals surface area (Å²) in [6.07, 6.45) is 1.13. The average molecular weight is 193 g/mol. The molecule has 1 unspecified atom stereocenters. The fourth-order valence-corrected chi connectivity index (χ4v) is 1.38. The number of fused-ring (bicyclic) bond motifs is 1. The molecule has 2 N–H and O–H groups in total. The van der Waals surface area contributed by atoms with Crippen LogP contribution in [0.25, 0.3) is 0 Å². The van der Waals surface area contributed by atoms with Crippen LogP contribution in [0.1, 0.15) is 18.0 Å². The second-order valence-corrected chi connectivity index (χ2v) is 3.12. The van der Waals surface area contributed by atoms with Gasteiger partial charge in [0.25, 0.3) is 0 Å². The summed E-state index contributed by atoms with van der Waals surface area (Å²) in [5.74, 6) is 1.43. The fourth-order valence-electron chi connectivity index (χ4n) is 1.38. The van der Waals surface area contributed by atoms with Crippen LogP contribution in [0.3, 0.4) is 0 Å². The van der Waals surface area contributed by atoms with Crippen LogP contribution in [-0.2, 0) is 4.79 Å². The van der Waals surface area contributed by atoms with E-state index in [1.54, 1.807) is 0 Å². The predicted octanol–water partition coefficient (Wildman–Crippen LogP) is 1.00. The van der Waals surface area contributed by atoms with Gasteiger partial charge in [0.1, 0.15) is 6.29 Å². The molecule has 1 heterocycles. The lowest BCUT2D eigenvalue weighted by molar-refractivity contribution is -0.108. The Morgan fingerprint density at radius 1 is 1.43 bits per heavy atom. The highest BCUT2D eigenvalue weighted by Crippen LogP contribution is 2.34. The Balaban J connectivity index is 2.23. The van der Waals surface area contributed by atoms with E-state index in [2.05, 4.69) is 0 Å². The summed E-state index contributed by atoms with van der Waals surface area (Å²) in [5.41, 5.74) is 6.66. The zero-order chi connectivity index (χ0) is 9.97. The smallest absolute Gasteiger partial charge is 0.231 e. The van der Waals surface area contributed by atoms with Crippen molar-refractivity contribution in [2.45, 2.75) is 12.5 Å². The molecule has 4 heteroatoms. The topological polar surface area (TPSA) is 61.6 Å². The summed E-state index contributed by atoms with van der Waals surface area (Å²) in [4.78, 5) is 10.3. The molecule has 1 aromatic carbocycles. The normalized spacial score (nSPS) is 15.2. The molecule has 0 amide bonds. The Hall–Kier alpha value is -1.55. The first-order valence-corrected chi connectivity index (χ1v) is 4.40. The molecule has 0 saturated heterocycles. The summed E-state index contributed by atoms with van der Waals surface area (Å²) in [6, 6.07) is 5.21. The van der Waals surface area contributed by atoms with Crippen LogP contribution in [-0.4, -0.2) is 13.1 Å². The molecular formula is C10H11NO3. The minimum Gasteiger partial charge on any atom is -0.454 e. The highest BCUT2D eigenvalue weighted by molar-refractivity contribution is 5.52. The Morgan fingerprint density at radius 2 is 2.21 bits per heavy atom. The SMILES string of the molecule is NC(CC=O)c1ccc2c(c1)OCO2. The quantitative estimate of drug-likeness (QED) is 0.727. The summed E-state index contributed by atoms with van der Waals surface area (Å²) in [7, 11) is 0. The third-order valence-corrected chi connectivity index (χ3v) is 2.17. The van der Waals surface area contributed by atoms with E-state index in [9.17, 15) is 4.79 Å². The second-order valence-electron chi connectivity index (χ2n) is 3.12. The molecule has 1 atom stereocenters. The monoisotopic (exact) mass is 193 g/mol. The number of nitrogens with two attached hydrogens (primary N) is 1. The zero-order valence-electron chi connectivity index (χ0n) is 7.60. The van der Waals surface area contributed by atoms with E-state index in [1.165, 1.54) is 0 Å². The molecule has 0 spiro atoms. The molecule has 0 bridgehead atoms. The molecule has 14 heavy (non-hydrogen) atoms. The van der Waals surface area contributed by atoms with E-state index in [0.29, 0.717) is 12.2 Å². The average Bonchev–Trinajstić information content (AvgIpc) is 2.64. The standard InChI is InChI=1S/C10H11NO3/c11-8(3-4-12)7-1-2-9-10(5-7)14-6-13-9/h1-2,4-5,8H,3,6,11H2. The van der Waals surface area contributed by atoms with Crippen molar-refractivity contribution in [2.75, 3.05) is 6.79 Å². The second kappa shape index (κ2) is 3.67.